The number of nitriles is 3. The van der Waals surface area contributed by atoms with Crippen LogP contribution in [0.2, 0.25) is 0 Å². The Kier molecular flexibility index (Phi) is 4.98. The van der Waals surface area contributed by atoms with Crippen molar-refractivity contribution in [1.29, 1.82) is 15.8 Å². The first-order valence-electron chi connectivity index (χ1n) is 8.03. The number of hydrogen-bond donors (Lipinski definition) is 2. The van der Waals surface area contributed by atoms with Crippen LogP contribution in [0.1, 0.15) is 16.7 Å². The van der Waals surface area contributed by atoms with E-state index >= 15 is 0 Å². The van der Waals surface area contributed by atoms with E-state index in [2.05, 4.69) is 0 Å². The van der Waals surface area contributed by atoms with E-state index in [1.54, 1.807) is 36.4 Å². The smallest absolute Gasteiger partial charge is 0.145 e. The van der Waals surface area contributed by atoms with Crippen LogP contribution in [0.3, 0.4) is 0 Å². The lowest BCUT2D eigenvalue weighted by molar-refractivity contribution is 0.466. The van der Waals surface area contributed by atoms with Gasteiger partial charge in [0.25, 0.3) is 0 Å². The Morgan fingerprint density at radius 3 is 1.50 bits per heavy atom. The molecule has 0 radical (unpaired) electrons. The van der Waals surface area contributed by atoms with E-state index < -0.39 is 0 Å². The summed E-state index contributed by atoms with van der Waals surface area (Å²) < 4.78 is 11.4. The summed E-state index contributed by atoms with van der Waals surface area (Å²) in [7, 11) is 0. The van der Waals surface area contributed by atoms with E-state index in [9.17, 15) is 15.8 Å². The molecular formula is C21H13N5O2. The fourth-order valence-electron chi connectivity index (χ4n) is 2.44. The zero-order valence-electron chi connectivity index (χ0n) is 14.5. The molecule has 0 saturated heterocycles. The van der Waals surface area contributed by atoms with Crippen molar-refractivity contribution in [2.45, 2.75) is 0 Å². The maximum atomic E-state index is 9.46. The highest BCUT2D eigenvalue weighted by molar-refractivity contribution is 5.57. The van der Waals surface area contributed by atoms with E-state index in [0.29, 0.717) is 22.9 Å². The fraction of sp³-hybridized carbons (Fsp3) is 0. The van der Waals surface area contributed by atoms with Gasteiger partial charge in [-0.05, 0) is 48.5 Å². The van der Waals surface area contributed by atoms with Crippen molar-refractivity contribution < 1.29 is 9.47 Å². The highest BCUT2D eigenvalue weighted by Gasteiger charge is 2.12. The van der Waals surface area contributed by atoms with E-state index in [1.807, 2.05) is 18.2 Å². The largest absolute Gasteiger partial charge is 0.456 e. The standard InChI is InChI=1S/C21H13N5O2/c22-10-13-7-16(25)1-4-19(13)27-18-3-6-21(15(9-18)12-24)28-20-5-2-17(26)8-14(20)11-23/h1-9H,25-26H2. The molecule has 7 heteroatoms. The molecule has 3 aromatic carbocycles. The molecule has 0 fully saturated rings. The summed E-state index contributed by atoms with van der Waals surface area (Å²) in [6.07, 6.45) is 0. The molecule has 0 heterocycles. The van der Waals surface area contributed by atoms with Gasteiger partial charge in [-0.3, -0.25) is 0 Å². The molecule has 0 amide bonds. The molecule has 3 aromatic rings. The van der Waals surface area contributed by atoms with Gasteiger partial charge in [-0.25, -0.2) is 0 Å². The summed E-state index contributed by atoms with van der Waals surface area (Å²) in [4.78, 5) is 0. The topological polar surface area (TPSA) is 142 Å². The van der Waals surface area contributed by atoms with Crippen LogP contribution in [-0.2, 0) is 0 Å². The first-order chi connectivity index (χ1) is 13.5. The number of rotatable bonds is 4. The van der Waals surface area contributed by atoms with Crippen molar-refractivity contribution in [3.63, 3.8) is 0 Å². The predicted octanol–water partition coefficient (Wildman–Crippen LogP) is 4.05. The Balaban J connectivity index is 1.91. The second-order valence-electron chi connectivity index (χ2n) is 5.71. The minimum atomic E-state index is 0.201. The fourth-order valence-corrected chi connectivity index (χ4v) is 2.44. The number of anilines is 2. The highest BCUT2D eigenvalue weighted by atomic mass is 16.5. The van der Waals surface area contributed by atoms with Crippen LogP contribution in [0.15, 0.2) is 54.6 Å². The van der Waals surface area contributed by atoms with Gasteiger partial charge in [-0.1, -0.05) is 0 Å². The summed E-state index contributed by atoms with van der Waals surface area (Å²) in [5.41, 5.74) is 13.0. The van der Waals surface area contributed by atoms with E-state index in [-0.39, 0.29) is 28.2 Å². The summed E-state index contributed by atoms with van der Waals surface area (Å²) >= 11 is 0. The van der Waals surface area contributed by atoms with Crippen LogP contribution in [0.4, 0.5) is 11.4 Å². The third-order valence-electron chi connectivity index (χ3n) is 3.77. The average molecular weight is 367 g/mol. The first kappa shape index (κ1) is 18.1. The first-order valence-corrected chi connectivity index (χ1v) is 8.03. The lowest BCUT2D eigenvalue weighted by atomic mass is 10.1. The summed E-state index contributed by atoms with van der Waals surface area (Å²) in [5.74, 6) is 1.21. The predicted molar refractivity (Wildman–Crippen MR) is 102 cm³/mol. The summed E-state index contributed by atoms with van der Waals surface area (Å²) in [5, 5.41) is 27.9. The van der Waals surface area contributed by atoms with Crippen molar-refractivity contribution in [1.82, 2.24) is 0 Å². The minimum Gasteiger partial charge on any atom is -0.456 e. The number of benzene rings is 3. The monoisotopic (exact) mass is 367 g/mol. The number of nitrogens with two attached hydrogens (primary N) is 2. The lowest BCUT2D eigenvalue weighted by Gasteiger charge is -2.12. The molecular weight excluding hydrogens is 354 g/mol. The van der Waals surface area contributed by atoms with Crippen LogP contribution in [0.25, 0.3) is 0 Å². The minimum absolute atomic E-state index is 0.201. The van der Waals surface area contributed by atoms with E-state index in [4.69, 9.17) is 20.9 Å². The molecule has 4 N–H and O–H groups in total. The molecule has 0 saturated carbocycles. The Hall–Kier alpha value is -4.67. The van der Waals surface area contributed by atoms with Gasteiger partial charge in [0.15, 0.2) is 0 Å². The van der Waals surface area contributed by atoms with Crippen molar-refractivity contribution in [2.75, 3.05) is 11.5 Å². The van der Waals surface area contributed by atoms with Crippen LogP contribution >= 0.6 is 0 Å². The molecule has 0 unspecified atom stereocenters. The number of nitrogen functional groups attached to an aromatic ring is 2. The van der Waals surface area contributed by atoms with Gasteiger partial charge in [0, 0.05) is 17.4 Å². The number of hydrogen-bond acceptors (Lipinski definition) is 7. The third kappa shape index (κ3) is 3.77. The molecule has 0 aromatic heterocycles. The molecule has 28 heavy (non-hydrogen) atoms. The van der Waals surface area contributed by atoms with Crippen molar-refractivity contribution in [3.05, 3.63) is 71.3 Å². The van der Waals surface area contributed by atoms with Gasteiger partial charge in [-0.2, -0.15) is 15.8 Å². The number of ether oxygens (including phenoxy) is 2. The van der Waals surface area contributed by atoms with Gasteiger partial charge in [-0.15, -0.1) is 0 Å². The SMILES string of the molecule is N#Cc1cc(N)ccc1Oc1ccc(Oc2ccc(N)cc2C#N)c(C#N)c1. The maximum Gasteiger partial charge on any atom is 0.145 e. The van der Waals surface area contributed by atoms with Gasteiger partial charge >= 0.3 is 0 Å². The van der Waals surface area contributed by atoms with Gasteiger partial charge in [0.1, 0.15) is 41.2 Å². The van der Waals surface area contributed by atoms with E-state index in [0.717, 1.165) is 0 Å². The van der Waals surface area contributed by atoms with Crippen LogP contribution in [0, 0.1) is 34.0 Å². The maximum absolute atomic E-state index is 9.46. The third-order valence-corrected chi connectivity index (χ3v) is 3.77. The second-order valence-corrected chi connectivity index (χ2v) is 5.71. The molecule has 134 valence electrons. The molecule has 0 aliphatic carbocycles. The second kappa shape index (κ2) is 7.70. The Morgan fingerprint density at radius 1 is 0.571 bits per heavy atom. The van der Waals surface area contributed by atoms with Gasteiger partial charge < -0.3 is 20.9 Å². The Labute approximate surface area is 161 Å². The van der Waals surface area contributed by atoms with Crippen LogP contribution in [-0.4, -0.2) is 0 Å². The zero-order chi connectivity index (χ0) is 20.1. The van der Waals surface area contributed by atoms with Crippen LogP contribution in [0.5, 0.6) is 23.0 Å². The Bertz CT molecular complexity index is 1180. The van der Waals surface area contributed by atoms with Gasteiger partial charge in [0.2, 0.25) is 0 Å². The quantitative estimate of drug-likeness (QED) is 0.662. The molecule has 0 bridgehead atoms. The summed E-state index contributed by atoms with van der Waals surface area (Å²) in [6.45, 7) is 0. The Morgan fingerprint density at radius 2 is 1.00 bits per heavy atom. The molecule has 0 atom stereocenters. The molecule has 3 rings (SSSR count). The van der Waals surface area contributed by atoms with Crippen LogP contribution < -0.4 is 20.9 Å². The van der Waals surface area contributed by atoms with Crippen molar-refractivity contribution in [3.8, 4) is 41.2 Å². The molecule has 0 spiro atoms. The highest BCUT2D eigenvalue weighted by Crippen LogP contribution is 2.33. The van der Waals surface area contributed by atoms with Gasteiger partial charge in [0.05, 0.1) is 16.7 Å². The molecule has 0 aliphatic rings. The lowest BCUT2D eigenvalue weighted by Crippen LogP contribution is -1.95. The van der Waals surface area contributed by atoms with Crippen molar-refractivity contribution in [2.24, 2.45) is 0 Å². The summed E-state index contributed by atoms with van der Waals surface area (Å²) in [6, 6.07) is 20.0. The molecule has 0 aliphatic heterocycles. The zero-order valence-corrected chi connectivity index (χ0v) is 14.5. The van der Waals surface area contributed by atoms with Crippen molar-refractivity contribution >= 4 is 11.4 Å². The average Bonchev–Trinajstić information content (AvgIpc) is 2.71. The van der Waals surface area contributed by atoms with E-state index in [1.165, 1.54) is 18.2 Å². The number of nitrogens with zero attached hydrogens (tertiary/aromatic N) is 3. The normalized spacial score (nSPS) is 9.61. The molecule has 7 nitrogen and oxygen atoms in total.